The minimum absolute atomic E-state index is 0.184. The molecule has 7 nitrogen and oxygen atoms in total. The van der Waals surface area contributed by atoms with E-state index in [4.69, 9.17) is 32.7 Å². The molecular weight excluding hydrogens is 431 g/mol. The van der Waals surface area contributed by atoms with Gasteiger partial charge in [-0.3, -0.25) is 14.6 Å². The van der Waals surface area contributed by atoms with Crippen molar-refractivity contribution in [2.24, 2.45) is 0 Å². The van der Waals surface area contributed by atoms with Crippen LogP contribution in [0.25, 0.3) is 0 Å². The van der Waals surface area contributed by atoms with Crippen LogP contribution in [0.2, 0.25) is 0 Å². The molecule has 0 aromatic heterocycles. The molecule has 3 rings (SSSR count). The van der Waals surface area contributed by atoms with Crippen molar-refractivity contribution in [1.29, 1.82) is 0 Å². The third kappa shape index (κ3) is 4.68. The van der Waals surface area contributed by atoms with Gasteiger partial charge in [-0.25, -0.2) is 9.59 Å². The molecule has 2 atom stereocenters. The molecule has 2 unspecified atom stereocenters. The number of Topliss-reactive ketones (excluding diaryl/α,β-unsaturated/α-hetero) is 1. The molecule has 0 aliphatic carbocycles. The van der Waals surface area contributed by atoms with Crippen LogP contribution < -0.4 is 9.80 Å². The molecule has 0 saturated heterocycles. The lowest BCUT2D eigenvalue weighted by atomic mass is 10.1. The molecule has 2 aromatic carbocycles. The van der Waals surface area contributed by atoms with Crippen LogP contribution in [0.5, 0.6) is 0 Å². The summed E-state index contributed by atoms with van der Waals surface area (Å²) in [7, 11) is 0. The second-order valence-corrected chi connectivity index (χ2v) is 7.79. The number of ether oxygens (including phenoxy) is 2. The quantitative estimate of drug-likeness (QED) is 0.452. The van der Waals surface area contributed by atoms with E-state index < -0.39 is 29.5 Å². The number of hydrogen-bond donors (Lipinski definition) is 0. The summed E-state index contributed by atoms with van der Waals surface area (Å²) in [6.07, 6.45) is -2.77. The summed E-state index contributed by atoms with van der Waals surface area (Å²) in [6, 6.07) is 15.3. The van der Waals surface area contributed by atoms with E-state index in [1.165, 1.54) is 23.6 Å². The Labute approximate surface area is 184 Å². The van der Waals surface area contributed by atoms with Gasteiger partial charge >= 0.3 is 12.2 Å². The van der Waals surface area contributed by atoms with Crippen molar-refractivity contribution in [3.8, 4) is 0 Å². The number of para-hydroxylation sites is 2. The Hall–Kier alpha value is -2.77. The maximum atomic E-state index is 12.9. The third-order valence-electron chi connectivity index (χ3n) is 4.38. The van der Waals surface area contributed by atoms with Crippen molar-refractivity contribution in [3.63, 3.8) is 0 Å². The molecular formula is C21H20Cl2N2O5. The van der Waals surface area contributed by atoms with Crippen LogP contribution in [0.3, 0.4) is 0 Å². The standard InChI is InChI=1S/C21H20Cl2N2O5/c1-13(22)29-20(27)24-16-10-6-7-11-17(16)25(21(28)30-14(2)23)19(24)12-18(26)15-8-4-3-5-9-15/h3-11,13-14,19H,12H2,1-2H3. The van der Waals surface area contributed by atoms with Crippen molar-refractivity contribution in [2.45, 2.75) is 37.6 Å². The van der Waals surface area contributed by atoms with E-state index in [0.29, 0.717) is 16.9 Å². The van der Waals surface area contributed by atoms with E-state index in [-0.39, 0.29) is 12.2 Å². The van der Waals surface area contributed by atoms with Gasteiger partial charge in [0, 0.05) is 5.56 Å². The predicted octanol–water partition coefficient (Wildman–Crippen LogP) is 5.35. The van der Waals surface area contributed by atoms with Gasteiger partial charge < -0.3 is 9.47 Å². The lowest BCUT2D eigenvalue weighted by Gasteiger charge is -2.29. The van der Waals surface area contributed by atoms with Gasteiger partial charge in [0.05, 0.1) is 17.8 Å². The summed E-state index contributed by atoms with van der Waals surface area (Å²) in [4.78, 5) is 41.1. The Morgan fingerprint density at radius 2 is 1.27 bits per heavy atom. The first-order valence-corrected chi connectivity index (χ1v) is 10.1. The topological polar surface area (TPSA) is 76.2 Å². The summed E-state index contributed by atoms with van der Waals surface area (Å²) in [5, 5.41) is 0. The minimum atomic E-state index is -1.01. The number of alkyl halides is 2. The van der Waals surface area contributed by atoms with Crippen molar-refractivity contribution in [3.05, 3.63) is 60.2 Å². The largest absolute Gasteiger partial charge is 0.430 e. The predicted molar refractivity (Wildman–Crippen MR) is 114 cm³/mol. The maximum Gasteiger partial charge on any atom is 0.417 e. The van der Waals surface area contributed by atoms with Crippen molar-refractivity contribution < 1.29 is 23.9 Å². The number of benzene rings is 2. The number of fused-ring (bicyclic) bond motifs is 1. The molecule has 0 bridgehead atoms. The van der Waals surface area contributed by atoms with Crippen LogP contribution >= 0.6 is 23.2 Å². The number of nitrogens with zero attached hydrogens (tertiary/aromatic N) is 2. The van der Waals surface area contributed by atoms with E-state index in [1.54, 1.807) is 54.6 Å². The van der Waals surface area contributed by atoms with Gasteiger partial charge in [0.25, 0.3) is 0 Å². The lowest BCUT2D eigenvalue weighted by Crippen LogP contribution is -2.50. The Bertz CT molecular complexity index is 887. The van der Waals surface area contributed by atoms with Crippen LogP contribution in [0.15, 0.2) is 54.6 Å². The first kappa shape index (κ1) is 21.9. The fraction of sp³-hybridized carbons (Fsp3) is 0.286. The number of halogens is 2. The molecule has 2 amide bonds. The first-order chi connectivity index (χ1) is 14.3. The van der Waals surface area contributed by atoms with Gasteiger partial charge in [0.15, 0.2) is 16.9 Å². The highest BCUT2D eigenvalue weighted by Crippen LogP contribution is 2.42. The van der Waals surface area contributed by atoms with Crippen molar-refractivity contribution >= 4 is 52.5 Å². The zero-order valence-electron chi connectivity index (χ0n) is 16.3. The lowest BCUT2D eigenvalue weighted by molar-refractivity contribution is 0.0968. The maximum absolute atomic E-state index is 12.9. The summed E-state index contributed by atoms with van der Waals surface area (Å²) in [5.74, 6) is -0.262. The first-order valence-electron chi connectivity index (χ1n) is 9.24. The molecule has 0 saturated carbocycles. The summed E-state index contributed by atoms with van der Waals surface area (Å²) >= 11 is 11.7. The molecule has 1 aliphatic rings. The minimum Gasteiger partial charge on any atom is -0.430 e. The number of hydrogen-bond acceptors (Lipinski definition) is 5. The van der Waals surface area contributed by atoms with Crippen LogP contribution in [-0.2, 0) is 9.47 Å². The Kier molecular flexibility index (Phi) is 6.84. The molecule has 0 fully saturated rings. The van der Waals surface area contributed by atoms with Gasteiger partial charge in [0.1, 0.15) is 6.17 Å². The van der Waals surface area contributed by atoms with Gasteiger partial charge in [-0.05, 0) is 26.0 Å². The SMILES string of the molecule is CC(Cl)OC(=O)N1c2ccccc2N(C(=O)OC(C)Cl)C1CC(=O)c1ccccc1. The van der Waals surface area contributed by atoms with Crippen molar-refractivity contribution in [1.82, 2.24) is 0 Å². The van der Waals surface area contributed by atoms with Crippen molar-refractivity contribution in [2.75, 3.05) is 9.80 Å². The molecule has 30 heavy (non-hydrogen) atoms. The van der Waals surface area contributed by atoms with E-state index >= 15 is 0 Å². The fourth-order valence-electron chi connectivity index (χ4n) is 3.23. The number of anilines is 2. The number of carbonyl (C=O) groups excluding carboxylic acids is 3. The summed E-state index contributed by atoms with van der Waals surface area (Å²) in [5.41, 5.74) is -0.570. The third-order valence-corrected chi connectivity index (χ3v) is 4.56. The molecule has 0 spiro atoms. The van der Waals surface area contributed by atoms with E-state index in [0.717, 1.165) is 0 Å². The summed E-state index contributed by atoms with van der Waals surface area (Å²) < 4.78 is 10.3. The van der Waals surface area contributed by atoms with E-state index in [1.807, 2.05) is 0 Å². The molecule has 158 valence electrons. The van der Waals surface area contributed by atoms with Gasteiger partial charge in [-0.1, -0.05) is 65.7 Å². The van der Waals surface area contributed by atoms with Crippen LogP contribution in [0.1, 0.15) is 30.6 Å². The molecule has 0 radical (unpaired) electrons. The highest BCUT2D eigenvalue weighted by molar-refractivity contribution is 6.21. The normalized spacial score (nSPS) is 17.1. The zero-order valence-corrected chi connectivity index (χ0v) is 17.8. The van der Waals surface area contributed by atoms with Crippen LogP contribution in [-0.4, -0.2) is 35.3 Å². The molecule has 0 N–H and O–H groups in total. The number of carbonyl (C=O) groups is 3. The number of ketones is 1. The highest BCUT2D eigenvalue weighted by atomic mass is 35.5. The number of rotatable bonds is 5. The van der Waals surface area contributed by atoms with Gasteiger partial charge in [-0.2, -0.15) is 0 Å². The van der Waals surface area contributed by atoms with E-state index in [9.17, 15) is 14.4 Å². The second-order valence-electron chi connectivity index (χ2n) is 6.56. The Morgan fingerprint density at radius 1 is 0.833 bits per heavy atom. The Balaban J connectivity index is 2.02. The van der Waals surface area contributed by atoms with Crippen LogP contribution in [0.4, 0.5) is 21.0 Å². The smallest absolute Gasteiger partial charge is 0.417 e. The van der Waals surface area contributed by atoms with E-state index in [2.05, 4.69) is 0 Å². The monoisotopic (exact) mass is 450 g/mol. The molecule has 1 aliphatic heterocycles. The number of amides is 2. The molecule has 1 heterocycles. The average molecular weight is 451 g/mol. The fourth-order valence-corrected chi connectivity index (χ4v) is 3.38. The Morgan fingerprint density at radius 3 is 1.70 bits per heavy atom. The zero-order chi connectivity index (χ0) is 21.8. The highest BCUT2D eigenvalue weighted by Gasteiger charge is 2.45. The molecule has 2 aromatic rings. The summed E-state index contributed by atoms with van der Waals surface area (Å²) in [6.45, 7) is 2.99. The van der Waals surface area contributed by atoms with Crippen LogP contribution in [0, 0.1) is 0 Å². The van der Waals surface area contributed by atoms with Gasteiger partial charge in [-0.15, -0.1) is 0 Å². The molecule has 9 heteroatoms. The van der Waals surface area contributed by atoms with Gasteiger partial charge in [0.2, 0.25) is 0 Å². The average Bonchev–Trinajstić information content (AvgIpc) is 3.01. The second kappa shape index (κ2) is 9.36.